The van der Waals surface area contributed by atoms with Crippen LogP contribution in [0.2, 0.25) is 0 Å². The number of amides is 1. The Labute approximate surface area is 151 Å². The van der Waals surface area contributed by atoms with Crippen LogP contribution < -0.4 is 5.32 Å². The zero-order valence-corrected chi connectivity index (χ0v) is 14.5. The smallest absolute Gasteiger partial charge is 0.416 e. The molecule has 1 aliphatic carbocycles. The number of hydrogen-bond acceptors (Lipinski definition) is 3. The van der Waals surface area contributed by atoms with E-state index in [1.807, 2.05) is 0 Å². The first-order valence-corrected chi connectivity index (χ1v) is 8.95. The number of benzene rings is 1. The van der Waals surface area contributed by atoms with Crippen LogP contribution in [-0.4, -0.2) is 17.0 Å². The van der Waals surface area contributed by atoms with Crippen molar-refractivity contribution in [2.24, 2.45) is 0 Å². The van der Waals surface area contributed by atoms with Crippen molar-refractivity contribution in [3.8, 4) is 0 Å². The third kappa shape index (κ3) is 3.75. The molecule has 0 atom stereocenters. The lowest BCUT2D eigenvalue weighted by molar-refractivity contribution is -0.137. The van der Waals surface area contributed by atoms with Crippen LogP contribution in [0.15, 0.2) is 24.3 Å². The first kappa shape index (κ1) is 18.4. The number of carbonyl (C=O) groups is 2. The summed E-state index contributed by atoms with van der Waals surface area (Å²) in [4.78, 5) is 25.0. The van der Waals surface area contributed by atoms with Gasteiger partial charge in [0, 0.05) is 10.4 Å². The normalized spacial score (nSPS) is 14.4. The van der Waals surface area contributed by atoms with Gasteiger partial charge < -0.3 is 10.4 Å². The number of nitrogens with one attached hydrogen (secondary N) is 1. The summed E-state index contributed by atoms with van der Waals surface area (Å²) < 4.78 is 37.8. The van der Waals surface area contributed by atoms with Gasteiger partial charge in [0.25, 0.3) is 5.91 Å². The zero-order valence-electron chi connectivity index (χ0n) is 13.7. The van der Waals surface area contributed by atoms with Crippen LogP contribution in [0, 0.1) is 0 Å². The van der Waals surface area contributed by atoms with E-state index in [0.29, 0.717) is 6.42 Å². The summed E-state index contributed by atoms with van der Waals surface area (Å²) in [6.45, 7) is 0. The number of carboxylic acids is 1. The molecule has 0 aliphatic heterocycles. The van der Waals surface area contributed by atoms with E-state index in [1.54, 1.807) is 0 Å². The number of halogens is 3. The highest BCUT2D eigenvalue weighted by Crippen LogP contribution is 2.38. The highest BCUT2D eigenvalue weighted by atomic mass is 32.1. The van der Waals surface area contributed by atoms with E-state index in [4.69, 9.17) is 0 Å². The molecule has 1 aromatic carbocycles. The first-order chi connectivity index (χ1) is 12.3. The SMILES string of the molecule is O=C(Nc1sc2c(c1C(=O)O)CCCCC2)c1ccc(C(F)(F)F)cc1. The number of aromatic carboxylic acids is 1. The fourth-order valence-electron chi connectivity index (χ4n) is 3.04. The van der Waals surface area contributed by atoms with E-state index in [-0.39, 0.29) is 16.1 Å². The molecule has 3 rings (SSSR count). The van der Waals surface area contributed by atoms with Crippen LogP contribution in [0.25, 0.3) is 0 Å². The summed E-state index contributed by atoms with van der Waals surface area (Å²) in [7, 11) is 0. The summed E-state index contributed by atoms with van der Waals surface area (Å²) in [6, 6.07) is 3.82. The van der Waals surface area contributed by atoms with E-state index in [0.717, 1.165) is 60.4 Å². The minimum Gasteiger partial charge on any atom is -0.478 e. The van der Waals surface area contributed by atoms with E-state index < -0.39 is 23.6 Å². The molecule has 0 spiro atoms. The van der Waals surface area contributed by atoms with Gasteiger partial charge in [0.05, 0.1) is 11.1 Å². The number of aryl methyl sites for hydroxylation is 1. The molecule has 1 heterocycles. The van der Waals surface area contributed by atoms with Crippen LogP contribution in [0.4, 0.5) is 18.2 Å². The number of carboxylic acid groups (broad SMARTS) is 1. The second-order valence-corrected chi connectivity index (χ2v) is 7.21. The predicted molar refractivity (Wildman–Crippen MR) is 91.9 cm³/mol. The molecule has 1 aromatic heterocycles. The summed E-state index contributed by atoms with van der Waals surface area (Å²) in [5.74, 6) is -1.73. The maximum Gasteiger partial charge on any atom is 0.416 e. The Morgan fingerprint density at radius 1 is 1.04 bits per heavy atom. The number of hydrogen-bond donors (Lipinski definition) is 2. The summed E-state index contributed by atoms with van der Waals surface area (Å²) in [5, 5.41) is 12.3. The molecule has 0 saturated heterocycles. The van der Waals surface area contributed by atoms with Crippen molar-refractivity contribution in [2.75, 3.05) is 5.32 Å². The number of fused-ring (bicyclic) bond motifs is 1. The lowest BCUT2D eigenvalue weighted by Crippen LogP contribution is -2.14. The maximum atomic E-state index is 12.6. The molecule has 0 fully saturated rings. The van der Waals surface area contributed by atoms with Gasteiger partial charge in [-0.3, -0.25) is 4.79 Å². The Kier molecular flexibility index (Phi) is 5.04. The molecule has 138 valence electrons. The van der Waals surface area contributed by atoms with Gasteiger partial charge >= 0.3 is 12.1 Å². The third-order valence-electron chi connectivity index (χ3n) is 4.34. The molecule has 0 unspecified atom stereocenters. The topological polar surface area (TPSA) is 66.4 Å². The summed E-state index contributed by atoms with van der Waals surface area (Å²) in [5.41, 5.74) is 0.0657. The van der Waals surface area contributed by atoms with E-state index >= 15 is 0 Å². The lowest BCUT2D eigenvalue weighted by Gasteiger charge is -2.08. The fourth-order valence-corrected chi connectivity index (χ4v) is 4.32. The molecular weight excluding hydrogens is 367 g/mol. The number of thiophene rings is 1. The Morgan fingerprint density at radius 3 is 2.31 bits per heavy atom. The minimum atomic E-state index is -4.48. The maximum absolute atomic E-state index is 12.6. The summed E-state index contributed by atoms with van der Waals surface area (Å²) in [6.07, 6.45) is -0.139. The Bertz CT molecular complexity index is 841. The van der Waals surface area contributed by atoms with Crippen LogP contribution >= 0.6 is 11.3 Å². The quantitative estimate of drug-likeness (QED) is 0.734. The van der Waals surface area contributed by atoms with Crippen molar-refractivity contribution < 1.29 is 27.9 Å². The molecule has 1 amide bonds. The van der Waals surface area contributed by atoms with Gasteiger partial charge in [0.2, 0.25) is 0 Å². The van der Waals surface area contributed by atoms with Crippen molar-refractivity contribution in [1.29, 1.82) is 0 Å². The van der Waals surface area contributed by atoms with Gasteiger partial charge in [-0.2, -0.15) is 13.2 Å². The predicted octanol–water partition coefficient (Wildman–Crippen LogP) is 4.99. The molecule has 4 nitrogen and oxygen atoms in total. The van der Waals surface area contributed by atoms with Crippen LogP contribution in [-0.2, 0) is 19.0 Å². The Hall–Kier alpha value is -2.35. The van der Waals surface area contributed by atoms with Crippen molar-refractivity contribution in [2.45, 2.75) is 38.3 Å². The highest BCUT2D eigenvalue weighted by molar-refractivity contribution is 7.17. The van der Waals surface area contributed by atoms with Crippen LogP contribution in [0.3, 0.4) is 0 Å². The van der Waals surface area contributed by atoms with Crippen molar-refractivity contribution in [1.82, 2.24) is 0 Å². The molecule has 1 aliphatic rings. The summed E-state index contributed by atoms with van der Waals surface area (Å²) >= 11 is 1.24. The number of rotatable bonds is 3. The first-order valence-electron chi connectivity index (χ1n) is 8.14. The molecule has 8 heteroatoms. The second kappa shape index (κ2) is 7.11. The van der Waals surface area contributed by atoms with Gasteiger partial charge in [-0.05, 0) is 55.5 Å². The third-order valence-corrected chi connectivity index (χ3v) is 5.54. The Balaban J connectivity index is 1.86. The van der Waals surface area contributed by atoms with E-state index in [9.17, 15) is 27.9 Å². The largest absolute Gasteiger partial charge is 0.478 e. The van der Waals surface area contributed by atoms with Crippen molar-refractivity contribution in [3.05, 3.63) is 51.4 Å². The molecule has 2 aromatic rings. The van der Waals surface area contributed by atoms with Gasteiger partial charge in [0.1, 0.15) is 5.00 Å². The Morgan fingerprint density at radius 2 is 1.69 bits per heavy atom. The van der Waals surface area contributed by atoms with E-state index in [1.165, 1.54) is 11.3 Å². The van der Waals surface area contributed by atoms with Crippen molar-refractivity contribution >= 4 is 28.2 Å². The molecular formula is C18H16F3NO3S. The molecule has 0 bridgehead atoms. The second-order valence-electron chi connectivity index (χ2n) is 6.10. The van der Waals surface area contributed by atoms with Gasteiger partial charge in [-0.1, -0.05) is 6.42 Å². The minimum absolute atomic E-state index is 0.0398. The van der Waals surface area contributed by atoms with Gasteiger partial charge in [-0.25, -0.2) is 4.79 Å². The molecule has 2 N–H and O–H groups in total. The zero-order chi connectivity index (χ0) is 18.9. The fraction of sp³-hybridized carbons (Fsp3) is 0.333. The number of alkyl halides is 3. The van der Waals surface area contributed by atoms with Crippen LogP contribution in [0.5, 0.6) is 0 Å². The average molecular weight is 383 g/mol. The van der Waals surface area contributed by atoms with Gasteiger partial charge in [0.15, 0.2) is 0 Å². The van der Waals surface area contributed by atoms with E-state index in [2.05, 4.69) is 5.32 Å². The van der Waals surface area contributed by atoms with Crippen molar-refractivity contribution in [3.63, 3.8) is 0 Å². The highest BCUT2D eigenvalue weighted by Gasteiger charge is 2.30. The average Bonchev–Trinajstić information content (AvgIpc) is 2.75. The standard InChI is InChI=1S/C18H16F3NO3S/c19-18(20,21)11-8-6-10(7-9-11)15(23)22-16-14(17(24)25)12-4-2-1-3-5-13(12)26-16/h6-9H,1-5H2,(H,22,23)(H,24,25). The van der Waals surface area contributed by atoms with Gasteiger partial charge in [-0.15, -0.1) is 11.3 Å². The lowest BCUT2D eigenvalue weighted by atomic mass is 10.1. The number of carbonyl (C=O) groups excluding carboxylic acids is 1. The number of anilines is 1. The monoisotopic (exact) mass is 383 g/mol. The molecule has 0 saturated carbocycles. The van der Waals surface area contributed by atoms with Crippen LogP contribution in [0.1, 0.15) is 56.0 Å². The molecule has 26 heavy (non-hydrogen) atoms. The molecule has 0 radical (unpaired) electrons.